The van der Waals surface area contributed by atoms with Crippen molar-refractivity contribution in [1.29, 1.82) is 0 Å². The molecule has 0 aliphatic heterocycles. The summed E-state index contributed by atoms with van der Waals surface area (Å²) in [6.07, 6.45) is -1.36. The van der Waals surface area contributed by atoms with E-state index in [9.17, 15) is 14.7 Å². The second-order valence-electron chi connectivity index (χ2n) is 4.06. The van der Waals surface area contributed by atoms with E-state index in [2.05, 4.69) is 5.32 Å². The van der Waals surface area contributed by atoms with Crippen LogP contribution in [0, 0.1) is 5.92 Å². The van der Waals surface area contributed by atoms with Crippen LogP contribution >= 0.6 is 0 Å². The lowest BCUT2D eigenvalue weighted by atomic mass is 9.80. The van der Waals surface area contributed by atoms with Crippen LogP contribution in [-0.4, -0.2) is 22.3 Å². The summed E-state index contributed by atoms with van der Waals surface area (Å²) in [5, 5.41) is 20.3. The first-order valence-corrected chi connectivity index (χ1v) is 5.21. The van der Waals surface area contributed by atoms with Crippen molar-refractivity contribution < 1.29 is 19.8 Å². The summed E-state index contributed by atoms with van der Waals surface area (Å²) in [5.41, 5.74) is -1.20. The second-order valence-corrected chi connectivity index (χ2v) is 4.06. The highest BCUT2D eigenvalue weighted by Crippen LogP contribution is 2.30. The summed E-state index contributed by atoms with van der Waals surface area (Å²) >= 11 is 0. The van der Waals surface area contributed by atoms with E-state index in [1.807, 2.05) is 0 Å². The molecule has 1 aromatic rings. The molecule has 0 aliphatic rings. The number of benzene rings is 1. The molecule has 92 valence electrons. The minimum absolute atomic E-state index is 0.418. The van der Waals surface area contributed by atoms with Gasteiger partial charge in [-0.15, -0.1) is 0 Å². The van der Waals surface area contributed by atoms with E-state index in [-0.39, 0.29) is 0 Å². The number of amides is 1. The van der Waals surface area contributed by atoms with Gasteiger partial charge in [-0.05, 0) is 11.5 Å². The van der Waals surface area contributed by atoms with Crippen LogP contribution in [0.5, 0.6) is 0 Å². The molecule has 1 rings (SSSR count). The standard InChI is InChI=1S/C12H15NO4/c1-8(2)12(10(14)15,13-11(16)17)9-6-4-3-5-7-9/h3-8,13H,1-2H3,(H,14,15)(H,16,17). The van der Waals surface area contributed by atoms with Crippen molar-refractivity contribution in [3.8, 4) is 0 Å². The van der Waals surface area contributed by atoms with Crippen molar-refractivity contribution in [2.24, 2.45) is 5.92 Å². The molecule has 0 saturated heterocycles. The summed E-state index contributed by atoms with van der Waals surface area (Å²) < 4.78 is 0. The Morgan fingerprint density at radius 3 is 2.06 bits per heavy atom. The summed E-state index contributed by atoms with van der Waals surface area (Å²) in [7, 11) is 0. The maximum atomic E-state index is 11.5. The molecule has 17 heavy (non-hydrogen) atoms. The number of carbonyl (C=O) groups is 2. The molecular formula is C12H15NO4. The molecule has 0 aliphatic carbocycles. The largest absolute Gasteiger partial charge is 0.479 e. The summed E-state index contributed by atoms with van der Waals surface area (Å²) in [6, 6.07) is 8.31. The van der Waals surface area contributed by atoms with Gasteiger partial charge in [0.15, 0.2) is 5.54 Å². The first-order valence-electron chi connectivity index (χ1n) is 5.21. The van der Waals surface area contributed by atoms with Gasteiger partial charge in [-0.1, -0.05) is 44.2 Å². The van der Waals surface area contributed by atoms with Gasteiger partial charge in [0.1, 0.15) is 0 Å². The summed E-state index contributed by atoms with van der Waals surface area (Å²) in [6.45, 7) is 3.33. The normalized spacial score (nSPS) is 14.1. The van der Waals surface area contributed by atoms with Crippen LogP contribution in [0.1, 0.15) is 19.4 Å². The summed E-state index contributed by atoms with van der Waals surface area (Å²) in [5.74, 6) is -1.63. The first kappa shape index (κ1) is 13.0. The van der Waals surface area contributed by atoms with Crippen LogP contribution in [0.15, 0.2) is 30.3 Å². The topological polar surface area (TPSA) is 86.6 Å². The van der Waals surface area contributed by atoms with E-state index in [0.29, 0.717) is 5.56 Å². The lowest BCUT2D eigenvalue weighted by Crippen LogP contribution is -2.55. The van der Waals surface area contributed by atoms with E-state index in [1.165, 1.54) is 0 Å². The molecule has 1 atom stereocenters. The Bertz CT molecular complexity index is 416. The number of hydrogen-bond donors (Lipinski definition) is 3. The van der Waals surface area contributed by atoms with Gasteiger partial charge in [0.25, 0.3) is 0 Å². The minimum Gasteiger partial charge on any atom is -0.479 e. The lowest BCUT2D eigenvalue weighted by molar-refractivity contribution is -0.147. The zero-order chi connectivity index (χ0) is 13.1. The Labute approximate surface area is 99.1 Å². The first-order chi connectivity index (χ1) is 7.91. The predicted molar refractivity (Wildman–Crippen MR) is 61.8 cm³/mol. The van der Waals surface area contributed by atoms with Crippen molar-refractivity contribution in [2.45, 2.75) is 19.4 Å². The fraction of sp³-hybridized carbons (Fsp3) is 0.333. The van der Waals surface area contributed by atoms with Crippen molar-refractivity contribution in [3.63, 3.8) is 0 Å². The van der Waals surface area contributed by atoms with Crippen LogP contribution in [0.2, 0.25) is 0 Å². The van der Waals surface area contributed by atoms with Crippen LogP contribution in [0.25, 0.3) is 0 Å². The molecule has 0 aromatic heterocycles. The van der Waals surface area contributed by atoms with Gasteiger partial charge in [0.05, 0.1) is 0 Å². The second kappa shape index (κ2) is 4.86. The minimum atomic E-state index is -1.62. The predicted octanol–water partition coefficient (Wildman–Crippen LogP) is 1.89. The zero-order valence-corrected chi connectivity index (χ0v) is 9.68. The molecule has 0 spiro atoms. The molecule has 1 amide bonds. The van der Waals surface area contributed by atoms with Gasteiger partial charge >= 0.3 is 12.1 Å². The zero-order valence-electron chi connectivity index (χ0n) is 9.68. The molecule has 0 fully saturated rings. The van der Waals surface area contributed by atoms with E-state index >= 15 is 0 Å². The molecular weight excluding hydrogens is 222 g/mol. The Kier molecular flexibility index (Phi) is 3.73. The number of hydrogen-bond acceptors (Lipinski definition) is 2. The van der Waals surface area contributed by atoms with Gasteiger partial charge in [0.2, 0.25) is 0 Å². The van der Waals surface area contributed by atoms with Crippen LogP contribution in [-0.2, 0) is 10.3 Å². The molecule has 0 heterocycles. The average molecular weight is 237 g/mol. The fourth-order valence-corrected chi connectivity index (χ4v) is 1.84. The highest BCUT2D eigenvalue weighted by atomic mass is 16.4. The third kappa shape index (κ3) is 2.38. The van der Waals surface area contributed by atoms with Crippen molar-refractivity contribution in [1.82, 2.24) is 5.32 Å². The number of carboxylic acid groups (broad SMARTS) is 2. The Morgan fingerprint density at radius 2 is 1.71 bits per heavy atom. The number of nitrogens with one attached hydrogen (secondary N) is 1. The van der Waals surface area contributed by atoms with Gasteiger partial charge in [-0.3, -0.25) is 0 Å². The van der Waals surface area contributed by atoms with Crippen molar-refractivity contribution in [2.75, 3.05) is 0 Å². The molecule has 1 aromatic carbocycles. The van der Waals surface area contributed by atoms with Crippen LogP contribution < -0.4 is 5.32 Å². The maximum absolute atomic E-state index is 11.5. The highest BCUT2D eigenvalue weighted by molar-refractivity contribution is 5.85. The van der Waals surface area contributed by atoms with Crippen LogP contribution in [0.3, 0.4) is 0 Å². The molecule has 1 unspecified atom stereocenters. The highest BCUT2D eigenvalue weighted by Gasteiger charge is 2.45. The van der Waals surface area contributed by atoms with E-state index in [0.717, 1.165) is 0 Å². The van der Waals surface area contributed by atoms with Gasteiger partial charge in [0, 0.05) is 0 Å². The lowest BCUT2D eigenvalue weighted by Gasteiger charge is -2.33. The molecule has 0 radical (unpaired) electrons. The molecule has 3 N–H and O–H groups in total. The molecule has 5 nitrogen and oxygen atoms in total. The quantitative estimate of drug-likeness (QED) is 0.746. The van der Waals surface area contributed by atoms with Crippen LogP contribution in [0.4, 0.5) is 4.79 Å². The third-order valence-corrected chi connectivity index (χ3v) is 2.74. The molecule has 0 bridgehead atoms. The smallest absolute Gasteiger partial charge is 0.405 e. The van der Waals surface area contributed by atoms with E-state index in [4.69, 9.17) is 5.11 Å². The van der Waals surface area contributed by atoms with Crippen molar-refractivity contribution in [3.05, 3.63) is 35.9 Å². The SMILES string of the molecule is CC(C)C(NC(=O)O)(C(=O)O)c1ccccc1. The monoisotopic (exact) mass is 237 g/mol. The molecule has 0 saturated carbocycles. The van der Waals surface area contributed by atoms with E-state index < -0.39 is 23.5 Å². The Balaban J connectivity index is 3.35. The van der Waals surface area contributed by atoms with Gasteiger partial charge in [-0.2, -0.15) is 0 Å². The Morgan fingerprint density at radius 1 is 1.18 bits per heavy atom. The number of aliphatic carboxylic acids is 1. The third-order valence-electron chi connectivity index (χ3n) is 2.74. The number of carboxylic acids is 1. The average Bonchev–Trinajstić information content (AvgIpc) is 2.25. The molecule has 5 heteroatoms. The fourth-order valence-electron chi connectivity index (χ4n) is 1.84. The van der Waals surface area contributed by atoms with Crippen molar-refractivity contribution >= 4 is 12.1 Å². The van der Waals surface area contributed by atoms with Gasteiger partial charge in [-0.25, -0.2) is 9.59 Å². The maximum Gasteiger partial charge on any atom is 0.405 e. The Hall–Kier alpha value is -2.04. The summed E-state index contributed by atoms with van der Waals surface area (Å²) in [4.78, 5) is 22.3. The van der Waals surface area contributed by atoms with E-state index in [1.54, 1.807) is 44.2 Å². The van der Waals surface area contributed by atoms with Gasteiger partial charge < -0.3 is 15.5 Å². The number of rotatable bonds is 4.